The molecule has 106 valence electrons. The fraction of sp³-hybridized carbons (Fsp3) is 0.533. The molecule has 1 aromatic rings. The van der Waals surface area contributed by atoms with Gasteiger partial charge in [0.2, 0.25) is 0 Å². The molecule has 0 spiro atoms. The zero-order valence-corrected chi connectivity index (χ0v) is 12.8. The van der Waals surface area contributed by atoms with Crippen molar-refractivity contribution in [3.63, 3.8) is 0 Å². The van der Waals surface area contributed by atoms with Crippen molar-refractivity contribution in [2.45, 2.75) is 20.8 Å². The molecule has 1 aliphatic rings. The third-order valence-corrected chi connectivity index (χ3v) is 3.64. The number of anilines is 1. The zero-order valence-electron chi connectivity index (χ0n) is 12.0. The molecule has 1 fully saturated rings. The van der Waals surface area contributed by atoms with E-state index in [2.05, 4.69) is 16.7 Å². The number of aldehydes is 1. The van der Waals surface area contributed by atoms with E-state index in [-0.39, 0.29) is 0 Å². The summed E-state index contributed by atoms with van der Waals surface area (Å²) in [6, 6.07) is 5.63. The maximum absolute atomic E-state index is 11.1. The second-order valence-electron chi connectivity index (χ2n) is 4.21. The van der Waals surface area contributed by atoms with E-state index in [1.54, 1.807) is 6.07 Å². The molecule has 0 aromatic heterocycles. The lowest BCUT2D eigenvalue weighted by atomic mass is 10.1. The molecule has 1 saturated heterocycles. The van der Waals surface area contributed by atoms with E-state index in [9.17, 15) is 4.79 Å². The summed E-state index contributed by atoms with van der Waals surface area (Å²) in [6.45, 7) is 11.3. The number of nitrogens with zero attached hydrogens (tertiary/aromatic N) is 2. The van der Waals surface area contributed by atoms with Crippen LogP contribution in [0, 0.1) is 0 Å². The second-order valence-corrected chi connectivity index (χ2v) is 4.62. The Morgan fingerprint density at radius 1 is 1.21 bits per heavy atom. The highest BCUT2D eigenvalue weighted by Gasteiger charge is 2.18. The zero-order chi connectivity index (χ0) is 14.3. The Morgan fingerprint density at radius 2 is 1.84 bits per heavy atom. The lowest BCUT2D eigenvalue weighted by Gasteiger charge is -2.36. The standard InChI is InChI=1S/C13H17ClN2O.C2H6/c1-2-15-6-8-16(9-7-15)13-5-3-4-12(14)11(13)10-17;1-2/h3-5,10H,2,6-9H2,1H3;1-2H3. The predicted molar refractivity (Wildman–Crippen MR) is 82.5 cm³/mol. The van der Waals surface area contributed by atoms with Gasteiger partial charge in [-0.1, -0.05) is 38.4 Å². The van der Waals surface area contributed by atoms with Crippen LogP contribution < -0.4 is 4.90 Å². The van der Waals surface area contributed by atoms with Gasteiger partial charge >= 0.3 is 0 Å². The van der Waals surface area contributed by atoms with Crippen LogP contribution in [0.25, 0.3) is 0 Å². The number of carbonyl (C=O) groups is 1. The molecular weight excluding hydrogens is 260 g/mol. The van der Waals surface area contributed by atoms with Crippen LogP contribution in [0.3, 0.4) is 0 Å². The minimum atomic E-state index is 0.537. The smallest absolute Gasteiger partial charge is 0.153 e. The average Bonchev–Trinajstić information content (AvgIpc) is 2.49. The van der Waals surface area contributed by atoms with Crippen LogP contribution >= 0.6 is 11.6 Å². The fourth-order valence-corrected chi connectivity index (χ4v) is 2.44. The third-order valence-electron chi connectivity index (χ3n) is 3.31. The molecule has 0 radical (unpaired) electrons. The number of likely N-dealkylation sites (N-methyl/N-ethyl adjacent to an activating group) is 1. The molecule has 4 heteroatoms. The van der Waals surface area contributed by atoms with Gasteiger partial charge < -0.3 is 9.80 Å². The average molecular weight is 283 g/mol. The Morgan fingerprint density at radius 3 is 2.37 bits per heavy atom. The predicted octanol–water partition coefficient (Wildman–Crippen LogP) is 3.32. The molecule has 0 unspecified atom stereocenters. The molecule has 2 rings (SSSR count). The van der Waals surface area contributed by atoms with Crippen LogP contribution in [0.4, 0.5) is 5.69 Å². The first-order valence-corrected chi connectivity index (χ1v) is 7.35. The van der Waals surface area contributed by atoms with Gasteiger partial charge in [0, 0.05) is 31.9 Å². The topological polar surface area (TPSA) is 23.6 Å². The number of rotatable bonds is 3. The Kier molecular flexibility index (Phi) is 6.89. The van der Waals surface area contributed by atoms with Crippen LogP contribution in [0.15, 0.2) is 18.2 Å². The molecule has 1 aromatic carbocycles. The lowest BCUT2D eigenvalue weighted by molar-refractivity contribution is 0.112. The Hall–Kier alpha value is -1.06. The van der Waals surface area contributed by atoms with Crippen molar-refractivity contribution in [2.24, 2.45) is 0 Å². The molecule has 0 saturated carbocycles. The van der Waals surface area contributed by atoms with Gasteiger partial charge in [-0.05, 0) is 18.7 Å². The molecule has 3 nitrogen and oxygen atoms in total. The Labute approximate surface area is 121 Å². The highest BCUT2D eigenvalue weighted by Crippen LogP contribution is 2.26. The van der Waals surface area contributed by atoms with Crippen LogP contribution in [0.1, 0.15) is 31.1 Å². The van der Waals surface area contributed by atoms with Gasteiger partial charge in [-0.25, -0.2) is 0 Å². The highest BCUT2D eigenvalue weighted by molar-refractivity contribution is 6.33. The summed E-state index contributed by atoms with van der Waals surface area (Å²) in [5.74, 6) is 0. The minimum Gasteiger partial charge on any atom is -0.368 e. The van der Waals surface area contributed by atoms with E-state index in [0.717, 1.165) is 44.7 Å². The first kappa shape index (κ1) is 16.0. The van der Waals surface area contributed by atoms with Crippen molar-refractivity contribution in [3.8, 4) is 0 Å². The van der Waals surface area contributed by atoms with E-state index in [0.29, 0.717) is 10.6 Å². The lowest BCUT2D eigenvalue weighted by Crippen LogP contribution is -2.46. The number of halogens is 1. The van der Waals surface area contributed by atoms with Crippen molar-refractivity contribution in [3.05, 3.63) is 28.8 Å². The third kappa shape index (κ3) is 3.95. The van der Waals surface area contributed by atoms with Gasteiger partial charge in [0.1, 0.15) is 0 Å². The van der Waals surface area contributed by atoms with Gasteiger partial charge in [-0.2, -0.15) is 0 Å². The second kappa shape index (κ2) is 8.18. The molecule has 0 N–H and O–H groups in total. The Bertz CT molecular complexity index is 401. The number of hydrogen-bond donors (Lipinski definition) is 0. The van der Waals surface area contributed by atoms with E-state index in [1.165, 1.54) is 0 Å². The van der Waals surface area contributed by atoms with Crippen molar-refractivity contribution in [1.82, 2.24) is 4.90 Å². The first-order chi connectivity index (χ1) is 9.26. The van der Waals surface area contributed by atoms with Crippen LogP contribution in [-0.4, -0.2) is 43.9 Å². The van der Waals surface area contributed by atoms with E-state index < -0.39 is 0 Å². The summed E-state index contributed by atoms with van der Waals surface area (Å²) < 4.78 is 0. The van der Waals surface area contributed by atoms with Crippen molar-refractivity contribution in [2.75, 3.05) is 37.6 Å². The van der Waals surface area contributed by atoms with Crippen molar-refractivity contribution in [1.29, 1.82) is 0 Å². The van der Waals surface area contributed by atoms with E-state index in [1.807, 2.05) is 26.0 Å². The van der Waals surface area contributed by atoms with E-state index >= 15 is 0 Å². The van der Waals surface area contributed by atoms with Gasteiger partial charge in [-0.15, -0.1) is 0 Å². The maximum atomic E-state index is 11.1. The molecule has 0 aliphatic carbocycles. The summed E-state index contributed by atoms with van der Waals surface area (Å²) in [5.41, 5.74) is 1.57. The van der Waals surface area contributed by atoms with Crippen LogP contribution in [0.5, 0.6) is 0 Å². The molecule has 1 heterocycles. The normalized spacial score (nSPS) is 15.7. The maximum Gasteiger partial charge on any atom is 0.153 e. The van der Waals surface area contributed by atoms with Crippen molar-refractivity contribution >= 4 is 23.6 Å². The summed E-state index contributed by atoms with van der Waals surface area (Å²) in [4.78, 5) is 15.7. The fourth-order valence-electron chi connectivity index (χ4n) is 2.22. The number of benzene rings is 1. The quantitative estimate of drug-likeness (QED) is 0.795. The first-order valence-electron chi connectivity index (χ1n) is 6.97. The van der Waals surface area contributed by atoms with E-state index in [4.69, 9.17) is 11.6 Å². The van der Waals surface area contributed by atoms with Crippen LogP contribution in [0.2, 0.25) is 5.02 Å². The molecule has 0 amide bonds. The van der Waals surface area contributed by atoms with Gasteiger partial charge in [-0.3, -0.25) is 4.79 Å². The minimum absolute atomic E-state index is 0.537. The summed E-state index contributed by atoms with van der Waals surface area (Å²) in [5, 5.41) is 0.537. The molecule has 0 atom stereocenters. The van der Waals surface area contributed by atoms with Crippen molar-refractivity contribution < 1.29 is 4.79 Å². The Balaban J connectivity index is 0.000000861. The molecular formula is C15H23ClN2O. The number of hydrogen-bond acceptors (Lipinski definition) is 3. The van der Waals surface area contributed by atoms with Gasteiger partial charge in [0.25, 0.3) is 0 Å². The molecule has 1 aliphatic heterocycles. The summed E-state index contributed by atoms with van der Waals surface area (Å²) in [7, 11) is 0. The highest BCUT2D eigenvalue weighted by atomic mass is 35.5. The SMILES string of the molecule is CC.CCN1CCN(c2cccc(Cl)c2C=O)CC1. The summed E-state index contributed by atoms with van der Waals surface area (Å²) >= 11 is 6.04. The number of carbonyl (C=O) groups excluding carboxylic acids is 1. The number of piperazine rings is 1. The summed E-state index contributed by atoms with van der Waals surface area (Å²) in [6.07, 6.45) is 0.851. The largest absolute Gasteiger partial charge is 0.368 e. The molecule has 0 bridgehead atoms. The monoisotopic (exact) mass is 282 g/mol. The van der Waals surface area contributed by atoms with Gasteiger partial charge in [0.05, 0.1) is 10.6 Å². The molecule has 19 heavy (non-hydrogen) atoms. The van der Waals surface area contributed by atoms with Crippen LogP contribution in [-0.2, 0) is 0 Å². The van der Waals surface area contributed by atoms with Gasteiger partial charge in [0.15, 0.2) is 6.29 Å².